The van der Waals surface area contributed by atoms with E-state index in [1.165, 1.54) is 4.90 Å². The van der Waals surface area contributed by atoms with Gasteiger partial charge < -0.3 is 19.5 Å². The van der Waals surface area contributed by atoms with Crippen molar-refractivity contribution in [2.45, 2.75) is 25.7 Å². The lowest BCUT2D eigenvalue weighted by molar-refractivity contribution is -0.144. The van der Waals surface area contributed by atoms with Crippen molar-refractivity contribution in [3.63, 3.8) is 0 Å². The minimum absolute atomic E-state index is 0.0384. The molecule has 0 unspecified atom stereocenters. The summed E-state index contributed by atoms with van der Waals surface area (Å²) in [6.45, 7) is 2.68. The van der Waals surface area contributed by atoms with Crippen LogP contribution in [0.15, 0.2) is 28.8 Å². The smallest absolute Gasteiger partial charge is 0.313 e. The molecule has 8 heteroatoms. The molecular formula is C17H20N4O4. The fourth-order valence-corrected chi connectivity index (χ4v) is 2.87. The lowest BCUT2D eigenvalue weighted by Crippen LogP contribution is -2.44. The molecule has 1 aliphatic heterocycles. The summed E-state index contributed by atoms with van der Waals surface area (Å²) >= 11 is 0. The maximum absolute atomic E-state index is 12.5. The number of nitrogens with zero attached hydrogens (tertiary/aromatic N) is 3. The van der Waals surface area contributed by atoms with Crippen LogP contribution in [-0.4, -0.2) is 47.1 Å². The normalized spacial score (nSPS) is 17.2. The summed E-state index contributed by atoms with van der Waals surface area (Å²) in [7, 11) is 1.54. The van der Waals surface area contributed by atoms with Crippen LogP contribution in [0.25, 0.3) is 0 Å². The number of nitrogens with one attached hydrogen (secondary N) is 1. The Balaban J connectivity index is 1.64. The molecule has 1 saturated heterocycles. The van der Waals surface area contributed by atoms with Gasteiger partial charge in [0.15, 0.2) is 5.82 Å². The number of anilines is 1. The number of ether oxygens (including phenoxy) is 1. The number of hydrogen-bond donors (Lipinski definition) is 1. The number of carbonyl (C=O) groups excluding carboxylic acids is 2. The molecule has 1 atom stereocenters. The van der Waals surface area contributed by atoms with Crippen LogP contribution >= 0.6 is 0 Å². The van der Waals surface area contributed by atoms with Crippen molar-refractivity contribution in [3.8, 4) is 5.75 Å². The molecule has 0 aliphatic carbocycles. The molecule has 0 radical (unpaired) electrons. The molecule has 2 amide bonds. The highest BCUT2D eigenvalue weighted by atomic mass is 16.5. The van der Waals surface area contributed by atoms with Crippen LogP contribution in [0.1, 0.15) is 30.5 Å². The first-order chi connectivity index (χ1) is 12.1. The Morgan fingerprint density at radius 2 is 2.24 bits per heavy atom. The molecule has 0 spiro atoms. The highest BCUT2D eigenvalue weighted by molar-refractivity contribution is 6.39. The zero-order chi connectivity index (χ0) is 17.8. The van der Waals surface area contributed by atoms with Crippen molar-refractivity contribution in [1.29, 1.82) is 0 Å². The summed E-state index contributed by atoms with van der Waals surface area (Å²) in [6, 6.07) is 6.87. The average molecular weight is 344 g/mol. The highest BCUT2D eigenvalue weighted by Crippen LogP contribution is 2.26. The molecule has 1 aromatic carbocycles. The van der Waals surface area contributed by atoms with E-state index >= 15 is 0 Å². The van der Waals surface area contributed by atoms with Gasteiger partial charge in [-0.3, -0.25) is 9.59 Å². The van der Waals surface area contributed by atoms with Gasteiger partial charge in [-0.2, -0.15) is 4.98 Å². The first-order valence-electron chi connectivity index (χ1n) is 8.11. The van der Waals surface area contributed by atoms with Crippen molar-refractivity contribution in [1.82, 2.24) is 15.0 Å². The highest BCUT2D eigenvalue weighted by Gasteiger charge is 2.31. The van der Waals surface area contributed by atoms with Crippen LogP contribution in [0, 0.1) is 6.92 Å². The van der Waals surface area contributed by atoms with Gasteiger partial charge in [0.25, 0.3) is 0 Å². The standard InChI is InChI=1S/C17H20N4O4/c1-11-18-16(25-20-11)12-5-4-8-21(10-12)17(23)15(22)19-13-6-3-7-14(9-13)24-2/h3,6-7,9,12H,4-5,8,10H2,1-2H3,(H,19,22)/t12-/m1/s1. The summed E-state index contributed by atoms with van der Waals surface area (Å²) in [5, 5.41) is 6.40. The molecule has 0 bridgehead atoms. The molecule has 1 aliphatic rings. The van der Waals surface area contributed by atoms with Crippen molar-refractivity contribution in [2.24, 2.45) is 0 Å². The minimum Gasteiger partial charge on any atom is -0.497 e. The van der Waals surface area contributed by atoms with E-state index in [1.54, 1.807) is 38.3 Å². The van der Waals surface area contributed by atoms with Crippen LogP contribution < -0.4 is 10.1 Å². The fraction of sp³-hybridized carbons (Fsp3) is 0.412. The van der Waals surface area contributed by atoms with E-state index in [4.69, 9.17) is 9.26 Å². The van der Waals surface area contributed by atoms with Crippen molar-refractivity contribution >= 4 is 17.5 Å². The van der Waals surface area contributed by atoms with E-state index in [0.717, 1.165) is 12.8 Å². The van der Waals surface area contributed by atoms with Gasteiger partial charge in [-0.05, 0) is 31.9 Å². The van der Waals surface area contributed by atoms with Gasteiger partial charge >= 0.3 is 11.8 Å². The molecule has 2 heterocycles. The number of carbonyl (C=O) groups is 2. The van der Waals surface area contributed by atoms with Gasteiger partial charge in [0.1, 0.15) is 5.75 Å². The second-order valence-electron chi connectivity index (χ2n) is 5.96. The monoisotopic (exact) mass is 344 g/mol. The Bertz CT molecular complexity index is 774. The Hall–Kier alpha value is -2.90. The van der Waals surface area contributed by atoms with Crippen molar-refractivity contribution in [3.05, 3.63) is 36.0 Å². The van der Waals surface area contributed by atoms with E-state index in [-0.39, 0.29) is 5.92 Å². The zero-order valence-corrected chi connectivity index (χ0v) is 14.2. The molecule has 1 fully saturated rings. The van der Waals surface area contributed by atoms with Crippen LogP contribution in [0.5, 0.6) is 5.75 Å². The van der Waals surface area contributed by atoms with E-state index in [2.05, 4.69) is 15.5 Å². The molecule has 1 aromatic heterocycles. The second-order valence-corrected chi connectivity index (χ2v) is 5.96. The Morgan fingerprint density at radius 1 is 1.40 bits per heavy atom. The van der Waals surface area contributed by atoms with Gasteiger partial charge in [-0.25, -0.2) is 0 Å². The Kier molecular flexibility index (Phi) is 4.97. The second kappa shape index (κ2) is 7.33. The number of rotatable bonds is 3. The van der Waals surface area contributed by atoms with E-state index in [9.17, 15) is 9.59 Å². The largest absolute Gasteiger partial charge is 0.497 e. The van der Waals surface area contributed by atoms with Gasteiger partial charge in [0, 0.05) is 24.8 Å². The van der Waals surface area contributed by atoms with Crippen molar-refractivity contribution in [2.75, 3.05) is 25.5 Å². The molecule has 0 saturated carbocycles. The van der Waals surface area contributed by atoms with Gasteiger partial charge in [-0.1, -0.05) is 11.2 Å². The summed E-state index contributed by atoms with van der Waals surface area (Å²) in [5.41, 5.74) is 0.513. The molecule has 1 N–H and O–H groups in total. The quantitative estimate of drug-likeness (QED) is 0.852. The van der Waals surface area contributed by atoms with Crippen molar-refractivity contribution < 1.29 is 18.8 Å². The van der Waals surface area contributed by atoms with Crippen LogP contribution in [-0.2, 0) is 9.59 Å². The molecule has 2 aromatic rings. The maximum atomic E-state index is 12.5. The molecule has 25 heavy (non-hydrogen) atoms. The average Bonchev–Trinajstić information content (AvgIpc) is 3.07. The summed E-state index contributed by atoms with van der Waals surface area (Å²) in [5.74, 6) is 0.412. The first-order valence-corrected chi connectivity index (χ1v) is 8.11. The predicted molar refractivity (Wildman–Crippen MR) is 89.2 cm³/mol. The van der Waals surface area contributed by atoms with Crippen LogP contribution in [0.4, 0.5) is 5.69 Å². The predicted octanol–water partition coefficient (Wildman–Crippen LogP) is 1.73. The van der Waals surface area contributed by atoms with Gasteiger partial charge in [-0.15, -0.1) is 0 Å². The molecule has 3 rings (SSSR count). The number of amides is 2. The van der Waals surface area contributed by atoms with Gasteiger partial charge in [0.2, 0.25) is 5.89 Å². The maximum Gasteiger partial charge on any atom is 0.313 e. The third-order valence-electron chi connectivity index (χ3n) is 4.12. The Labute approximate surface area is 145 Å². The molecule has 8 nitrogen and oxygen atoms in total. The van der Waals surface area contributed by atoms with E-state index < -0.39 is 11.8 Å². The lowest BCUT2D eigenvalue weighted by atomic mass is 9.98. The van der Waals surface area contributed by atoms with Gasteiger partial charge in [0.05, 0.1) is 13.0 Å². The summed E-state index contributed by atoms with van der Waals surface area (Å²) < 4.78 is 10.3. The number of aromatic nitrogens is 2. The third kappa shape index (κ3) is 3.96. The minimum atomic E-state index is -0.671. The molecular weight excluding hydrogens is 324 g/mol. The number of aryl methyl sites for hydroxylation is 1. The summed E-state index contributed by atoms with van der Waals surface area (Å²) in [6.07, 6.45) is 1.63. The third-order valence-corrected chi connectivity index (χ3v) is 4.12. The summed E-state index contributed by atoms with van der Waals surface area (Å²) in [4.78, 5) is 30.5. The SMILES string of the molecule is COc1cccc(NC(=O)C(=O)N2CCC[C@@H](c3nc(C)no3)C2)c1. The number of hydrogen-bond acceptors (Lipinski definition) is 6. The topological polar surface area (TPSA) is 97.6 Å². The Morgan fingerprint density at radius 3 is 2.96 bits per heavy atom. The fourth-order valence-electron chi connectivity index (χ4n) is 2.87. The number of piperidine rings is 1. The van der Waals surface area contributed by atoms with E-state index in [0.29, 0.717) is 36.2 Å². The molecule has 132 valence electrons. The zero-order valence-electron chi connectivity index (χ0n) is 14.2. The lowest BCUT2D eigenvalue weighted by Gasteiger charge is -2.30. The first kappa shape index (κ1) is 16.9. The number of benzene rings is 1. The van der Waals surface area contributed by atoms with Crippen LogP contribution in [0.2, 0.25) is 0 Å². The number of likely N-dealkylation sites (tertiary alicyclic amines) is 1. The van der Waals surface area contributed by atoms with E-state index in [1.807, 2.05) is 0 Å². The van der Waals surface area contributed by atoms with Crippen LogP contribution in [0.3, 0.4) is 0 Å². The number of methoxy groups -OCH3 is 1.